The number of nitrogens with two attached hydrogens (primary N) is 1. The average molecular weight is 315 g/mol. The quantitative estimate of drug-likeness (QED) is 0.789. The molecule has 19 heavy (non-hydrogen) atoms. The molecule has 1 aromatic carbocycles. The highest BCUT2D eigenvalue weighted by Gasteiger charge is 2.04. The van der Waals surface area contributed by atoms with Crippen LogP contribution in [0.15, 0.2) is 59.5 Å². The lowest BCUT2D eigenvalue weighted by molar-refractivity contribution is 0.847. The van der Waals surface area contributed by atoms with Gasteiger partial charge in [0.1, 0.15) is 0 Å². The number of anilines is 1. The molecule has 0 saturated carbocycles. The molecular formula is C14H11BrN4. The van der Waals surface area contributed by atoms with Gasteiger partial charge < -0.3 is 5.73 Å². The van der Waals surface area contributed by atoms with E-state index >= 15 is 0 Å². The van der Waals surface area contributed by atoms with Crippen molar-refractivity contribution in [3.8, 4) is 16.9 Å². The first-order chi connectivity index (χ1) is 9.22. The molecule has 0 spiro atoms. The van der Waals surface area contributed by atoms with Gasteiger partial charge in [-0.2, -0.15) is 5.10 Å². The Kier molecular flexibility index (Phi) is 3.05. The molecule has 0 saturated heterocycles. The highest BCUT2D eigenvalue weighted by molar-refractivity contribution is 9.10. The number of benzene rings is 1. The van der Waals surface area contributed by atoms with Crippen molar-refractivity contribution in [2.45, 2.75) is 0 Å². The topological polar surface area (TPSA) is 56.7 Å². The Morgan fingerprint density at radius 1 is 1.05 bits per heavy atom. The van der Waals surface area contributed by atoms with Crippen LogP contribution in [0.1, 0.15) is 0 Å². The Morgan fingerprint density at radius 3 is 2.68 bits per heavy atom. The van der Waals surface area contributed by atoms with E-state index in [2.05, 4.69) is 32.1 Å². The molecule has 0 unspecified atom stereocenters. The van der Waals surface area contributed by atoms with E-state index in [0.29, 0.717) is 5.69 Å². The largest absolute Gasteiger partial charge is 0.397 e. The molecule has 2 N–H and O–H groups in total. The smallest absolute Gasteiger partial charge is 0.153 e. The zero-order chi connectivity index (χ0) is 13.2. The normalized spacial score (nSPS) is 10.6. The van der Waals surface area contributed by atoms with Crippen molar-refractivity contribution in [3.63, 3.8) is 0 Å². The van der Waals surface area contributed by atoms with Gasteiger partial charge in [-0.15, -0.1) is 0 Å². The van der Waals surface area contributed by atoms with E-state index in [1.54, 1.807) is 10.9 Å². The number of halogens is 1. The predicted octanol–water partition coefficient (Wildman–Crippen LogP) is 3.28. The second-order valence-electron chi connectivity index (χ2n) is 4.13. The van der Waals surface area contributed by atoms with Gasteiger partial charge in [0.2, 0.25) is 0 Å². The van der Waals surface area contributed by atoms with Gasteiger partial charge in [-0.05, 0) is 29.8 Å². The monoisotopic (exact) mass is 314 g/mol. The lowest BCUT2D eigenvalue weighted by Gasteiger charge is -2.00. The number of rotatable bonds is 2. The van der Waals surface area contributed by atoms with Gasteiger partial charge in [0, 0.05) is 16.2 Å². The summed E-state index contributed by atoms with van der Waals surface area (Å²) < 4.78 is 2.78. The molecule has 0 aliphatic heterocycles. The van der Waals surface area contributed by atoms with Crippen LogP contribution in [0.2, 0.25) is 0 Å². The number of nitrogen functional groups attached to an aromatic ring is 1. The molecule has 0 fully saturated rings. The third kappa shape index (κ3) is 2.51. The fourth-order valence-corrected chi connectivity index (χ4v) is 2.20. The zero-order valence-electron chi connectivity index (χ0n) is 9.99. The molecule has 3 rings (SSSR count). The molecule has 94 valence electrons. The van der Waals surface area contributed by atoms with Crippen molar-refractivity contribution >= 4 is 21.6 Å². The van der Waals surface area contributed by atoms with Gasteiger partial charge in [0.15, 0.2) is 5.82 Å². The van der Waals surface area contributed by atoms with E-state index in [-0.39, 0.29) is 0 Å². The van der Waals surface area contributed by atoms with E-state index in [9.17, 15) is 0 Å². The van der Waals surface area contributed by atoms with Crippen LogP contribution in [0.5, 0.6) is 0 Å². The van der Waals surface area contributed by atoms with Crippen LogP contribution in [0.3, 0.4) is 0 Å². The minimum absolute atomic E-state index is 0.642. The summed E-state index contributed by atoms with van der Waals surface area (Å²) in [6, 6.07) is 11.7. The first-order valence-electron chi connectivity index (χ1n) is 5.75. The second kappa shape index (κ2) is 4.85. The Hall–Kier alpha value is -2.14. The SMILES string of the molecule is Nc1ccc(-n2cc(-c3cccc(Br)c3)cn2)nc1. The highest BCUT2D eigenvalue weighted by Crippen LogP contribution is 2.23. The maximum Gasteiger partial charge on any atom is 0.153 e. The standard InChI is InChI=1S/C14H11BrN4/c15-12-3-1-2-10(6-12)11-7-18-19(9-11)14-5-4-13(16)8-17-14/h1-9H,16H2. The molecule has 0 radical (unpaired) electrons. The van der Waals surface area contributed by atoms with E-state index in [1.807, 2.05) is 42.7 Å². The molecule has 2 heterocycles. The Morgan fingerprint density at radius 2 is 1.95 bits per heavy atom. The predicted molar refractivity (Wildman–Crippen MR) is 78.9 cm³/mol. The summed E-state index contributed by atoms with van der Waals surface area (Å²) in [4.78, 5) is 4.24. The molecule has 4 nitrogen and oxygen atoms in total. The Bertz CT molecular complexity index is 703. The van der Waals surface area contributed by atoms with Crippen molar-refractivity contribution in [3.05, 3.63) is 59.5 Å². The summed E-state index contributed by atoms with van der Waals surface area (Å²) in [7, 11) is 0. The van der Waals surface area contributed by atoms with Crippen LogP contribution in [-0.2, 0) is 0 Å². The summed E-state index contributed by atoms with van der Waals surface area (Å²) in [5, 5.41) is 4.32. The lowest BCUT2D eigenvalue weighted by Crippen LogP contribution is -1.98. The van der Waals surface area contributed by atoms with Crippen molar-refractivity contribution in [2.24, 2.45) is 0 Å². The van der Waals surface area contributed by atoms with Crippen molar-refractivity contribution in [1.29, 1.82) is 0 Å². The Labute approximate surface area is 119 Å². The number of aromatic nitrogens is 3. The molecule has 0 aliphatic rings. The summed E-state index contributed by atoms with van der Waals surface area (Å²) in [6.45, 7) is 0. The number of hydrogen-bond donors (Lipinski definition) is 1. The molecule has 5 heteroatoms. The number of nitrogens with zero attached hydrogens (tertiary/aromatic N) is 3. The van der Waals surface area contributed by atoms with Gasteiger partial charge >= 0.3 is 0 Å². The maximum atomic E-state index is 5.62. The minimum Gasteiger partial charge on any atom is -0.397 e. The maximum absolute atomic E-state index is 5.62. The van der Waals surface area contributed by atoms with Crippen molar-refractivity contribution in [2.75, 3.05) is 5.73 Å². The van der Waals surface area contributed by atoms with Crippen LogP contribution in [0.25, 0.3) is 16.9 Å². The van der Waals surface area contributed by atoms with Gasteiger partial charge in [-0.3, -0.25) is 0 Å². The third-order valence-corrected chi connectivity index (χ3v) is 3.24. The van der Waals surface area contributed by atoms with Crippen molar-refractivity contribution in [1.82, 2.24) is 14.8 Å². The lowest BCUT2D eigenvalue weighted by atomic mass is 10.1. The van der Waals surface area contributed by atoms with Crippen LogP contribution in [-0.4, -0.2) is 14.8 Å². The molecule has 0 atom stereocenters. The van der Waals surface area contributed by atoms with E-state index < -0.39 is 0 Å². The van der Waals surface area contributed by atoms with E-state index in [1.165, 1.54) is 0 Å². The molecule has 0 bridgehead atoms. The van der Waals surface area contributed by atoms with Gasteiger partial charge in [-0.25, -0.2) is 9.67 Å². The summed E-state index contributed by atoms with van der Waals surface area (Å²) >= 11 is 3.47. The summed E-state index contributed by atoms with van der Waals surface area (Å²) in [5.41, 5.74) is 8.41. The molecule has 2 aromatic heterocycles. The molecular weight excluding hydrogens is 304 g/mol. The van der Waals surface area contributed by atoms with E-state index in [0.717, 1.165) is 21.4 Å². The fourth-order valence-electron chi connectivity index (χ4n) is 1.80. The van der Waals surface area contributed by atoms with Crippen LogP contribution >= 0.6 is 15.9 Å². The highest BCUT2D eigenvalue weighted by atomic mass is 79.9. The van der Waals surface area contributed by atoms with Crippen LogP contribution < -0.4 is 5.73 Å². The van der Waals surface area contributed by atoms with Gasteiger partial charge in [0.05, 0.1) is 18.1 Å². The molecule has 3 aromatic rings. The second-order valence-corrected chi connectivity index (χ2v) is 5.05. The summed E-state index contributed by atoms with van der Waals surface area (Å²) in [5.74, 6) is 0.746. The van der Waals surface area contributed by atoms with E-state index in [4.69, 9.17) is 5.73 Å². The van der Waals surface area contributed by atoms with Gasteiger partial charge in [-0.1, -0.05) is 28.1 Å². The average Bonchev–Trinajstić information content (AvgIpc) is 2.89. The van der Waals surface area contributed by atoms with Gasteiger partial charge in [0.25, 0.3) is 0 Å². The van der Waals surface area contributed by atoms with Crippen LogP contribution in [0.4, 0.5) is 5.69 Å². The molecule has 0 amide bonds. The first-order valence-corrected chi connectivity index (χ1v) is 6.54. The third-order valence-electron chi connectivity index (χ3n) is 2.75. The Balaban J connectivity index is 1.97. The fraction of sp³-hybridized carbons (Fsp3) is 0. The first kappa shape index (κ1) is 11.9. The molecule has 0 aliphatic carbocycles. The number of pyridine rings is 1. The zero-order valence-corrected chi connectivity index (χ0v) is 11.6. The van der Waals surface area contributed by atoms with Crippen molar-refractivity contribution < 1.29 is 0 Å². The number of hydrogen-bond acceptors (Lipinski definition) is 3. The van der Waals surface area contributed by atoms with Crippen LogP contribution in [0, 0.1) is 0 Å². The summed E-state index contributed by atoms with van der Waals surface area (Å²) in [6.07, 6.45) is 5.38. The minimum atomic E-state index is 0.642.